The predicted molar refractivity (Wildman–Crippen MR) is 94.2 cm³/mol. The molecule has 25 heavy (non-hydrogen) atoms. The van der Waals surface area contributed by atoms with Crippen LogP contribution in [0.25, 0.3) is 5.69 Å². The molecule has 0 unspecified atom stereocenters. The average molecular weight is 334 g/mol. The molecule has 0 bridgehead atoms. The van der Waals surface area contributed by atoms with Gasteiger partial charge in [-0.25, -0.2) is 4.98 Å². The molecule has 2 amide bonds. The van der Waals surface area contributed by atoms with Crippen molar-refractivity contribution < 1.29 is 9.59 Å². The van der Waals surface area contributed by atoms with E-state index in [0.29, 0.717) is 12.1 Å². The minimum Gasteiger partial charge on any atom is -0.350 e. The fourth-order valence-electron chi connectivity index (χ4n) is 2.42. The van der Waals surface area contributed by atoms with Crippen LogP contribution in [-0.4, -0.2) is 27.9 Å². The molecule has 0 fully saturated rings. The summed E-state index contributed by atoms with van der Waals surface area (Å²) >= 11 is 0. The number of hydrogen-bond acceptors (Lipinski definition) is 3. The fraction of sp³-hybridized carbons (Fsp3) is 0.105. The molecule has 0 saturated heterocycles. The van der Waals surface area contributed by atoms with Crippen molar-refractivity contribution in [2.75, 3.05) is 6.54 Å². The number of nitrogens with zero attached hydrogens (tertiary/aromatic N) is 2. The van der Waals surface area contributed by atoms with Gasteiger partial charge >= 0.3 is 0 Å². The molecule has 126 valence electrons. The number of rotatable bonds is 6. The number of para-hydroxylation sites is 1. The van der Waals surface area contributed by atoms with Gasteiger partial charge in [-0.05, 0) is 23.8 Å². The highest BCUT2D eigenvalue weighted by atomic mass is 16.2. The number of imidazole rings is 1. The van der Waals surface area contributed by atoms with Gasteiger partial charge in [0, 0.05) is 24.5 Å². The summed E-state index contributed by atoms with van der Waals surface area (Å²) in [6, 6.07) is 16.5. The zero-order valence-electron chi connectivity index (χ0n) is 13.6. The zero-order chi connectivity index (χ0) is 17.5. The van der Waals surface area contributed by atoms with E-state index >= 15 is 0 Å². The zero-order valence-corrected chi connectivity index (χ0v) is 13.6. The third-order valence-electron chi connectivity index (χ3n) is 3.70. The lowest BCUT2D eigenvalue weighted by Crippen LogP contribution is -2.36. The molecule has 2 N–H and O–H groups in total. The molecule has 6 heteroatoms. The minimum absolute atomic E-state index is 0.0685. The normalized spacial score (nSPS) is 10.2. The Morgan fingerprint density at radius 3 is 2.48 bits per heavy atom. The van der Waals surface area contributed by atoms with E-state index in [2.05, 4.69) is 15.6 Å². The summed E-state index contributed by atoms with van der Waals surface area (Å²) in [5.74, 6) is -0.515. The largest absolute Gasteiger partial charge is 0.350 e. The first-order valence-electron chi connectivity index (χ1n) is 7.90. The Labute approximate surface area is 145 Å². The highest BCUT2D eigenvalue weighted by Gasteiger charge is 2.09. The Kier molecular flexibility index (Phi) is 5.21. The predicted octanol–water partition coefficient (Wildman–Crippen LogP) is 1.92. The molecule has 0 aliphatic heterocycles. The number of amides is 2. The fourth-order valence-corrected chi connectivity index (χ4v) is 2.42. The van der Waals surface area contributed by atoms with Gasteiger partial charge in [-0.3, -0.25) is 9.59 Å². The molecule has 0 spiro atoms. The van der Waals surface area contributed by atoms with Crippen LogP contribution in [0.3, 0.4) is 0 Å². The smallest absolute Gasteiger partial charge is 0.251 e. The van der Waals surface area contributed by atoms with Crippen molar-refractivity contribution in [3.8, 4) is 5.69 Å². The van der Waals surface area contributed by atoms with E-state index in [4.69, 9.17) is 0 Å². The molecule has 3 aromatic rings. The first-order valence-corrected chi connectivity index (χ1v) is 7.90. The molecule has 3 rings (SSSR count). The van der Waals surface area contributed by atoms with Crippen molar-refractivity contribution in [2.24, 2.45) is 0 Å². The molecule has 0 radical (unpaired) electrons. The molecule has 0 atom stereocenters. The van der Waals surface area contributed by atoms with Crippen molar-refractivity contribution in [2.45, 2.75) is 6.54 Å². The van der Waals surface area contributed by atoms with Gasteiger partial charge in [0.05, 0.1) is 18.6 Å². The van der Waals surface area contributed by atoms with Gasteiger partial charge in [0.15, 0.2) is 0 Å². The first kappa shape index (κ1) is 16.4. The molecule has 0 saturated carbocycles. The van der Waals surface area contributed by atoms with E-state index in [9.17, 15) is 9.59 Å². The van der Waals surface area contributed by atoms with Crippen LogP contribution in [0.1, 0.15) is 15.9 Å². The lowest BCUT2D eigenvalue weighted by Gasteiger charge is -2.11. The van der Waals surface area contributed by atoms with E-state index in [0.717, 1.165) is 11.3 Å². The van der Waals surface area contributed by atoms with E-state index in [1.54, 1.807) is 36.8 Å². The second-order valence-electron chi connectivity index (χ2n) is 5.42. The summed E-state index contributed by atoms with van der Waals surface area (Å²) < 4.78 is 1.89. The van der Waals surface area contributed by atoms with Crippen molar-refractivity contribution >= 4 is 11.8 Å². The van der Waals surface area contributed by atoms with E-state index in [1.807, 2.05) is 41.1 Å². The Hall–Kier alpha value is -3.41. The van der Waals surface area contributed by atoms with Gasteiger partial charge in [-0.1, -0.05) is 36.4 Å². The van der Waals surface area contributed by atoms with Crippen molar-refractivity contribution in [1.82, 2.24) is 20.2 Å². The first-order chi connectivity index (χ1) is 12.2. The summed E-state index contributed by atoms with van der Waals surface area (Å²) in [7, 11) is 0. The highest BCUT2D eigenvalue weighted by Crippen LogP contribution is 2.13. The molecule has 0 aliphatic carbocycles. The molecular formula is C19H18N4O2. The molecule has 1 heterocycles. The molecule has 2 aromatic carbocycles. The Morgan fingerprint density at radius 2 is 1.72 bits per heavy atom. The van der Waals surface area contributed by atoms with Crippen LogP contribution < -0.4 is 10.6 Å². The van der Waals surface area contributed by atoms with Crippen LogP contribution in [0, 0.1) is 0 Å². The van der Waals surface area contributed by atoms with Crippen LogP contribution >= 0.6 is 0 Å². The van der Waals surface area contributed by atoms with Gasteiger partial charge in [-0.15, -0.1) is 0 Å². The molecule has 0 aliphatic rings. The van der Waals surface area contributed by atoms with Gasteiger partial charge in [0.2, 0.25) is 5.91 Å². The third kappa shape index (κ3) is 4.32. The number of nitrogens with one attached hydrogen (secondary N) is 2. The summed E-state index contributed by atoms with van der Waals surface area (Å²) in [5, 5.41) is 5.43. The van der Waals surface area contributed by atoms with Crippen molar-refractivity contribution in [3.05, 3.63) is 84.4 Å². The van der Waals surface area contributed by atoms with E-state index < -0.39 is 0 Å². The SMILES string of the molecule is O=C(CNC(=O)c1ccccc1)NCc1ccccc1-n1ccnc1. The standard InChI is InChI=1S/C19H18N4O2/c24-18(13-22-19(25)15-6-2-1-3-7-15)21-12-16-8-4-5-9-17(16)23-11-10-20-14-23/h1-11,14H,12-13H2,(H,21,24)(H,22,25). The van der Waals surface area contributed by atoms with Gasteiger partial charge in [0.1, 0.15) is 0 Å². The number of hydrogen-bond donors (Lipinski definition) is 2. The molecular weight excluding hydrogens is 316 g/mol. The Morgan fingerprint density at radius 1 is 0.960 bits per heavy atom. The van der Waals surface area contributed by atoms with Crippen molar-refractivity contribution in [3.63, 3.8) is 0 Å². The Bertz CT molecular complexity index is 845. The van der Waals surface area contributed by atoms with Gasteiger partial charge in [-0.2, -0.15) is 0 Å². The monoisotopic (exact) mass is 334 g/mol. The Balaban J connectivity index is 1.54. The van der Waals surface area contributed by atoms with Crippen LogP contribution in [0.15, 0.2) is 73.3 Å². The summed E-state index contributed by atoms with van der Waals surface area (Å²) in [4.78, 5) is 28.0. The van der Waals surface area contributed by atoms with Gasteiger partial charge < -0.3 is 15.2 Å². The van der Waals surface area contributed by atoms with Crippen LogP contribution in [0.4, 0.5) is 0 Å². The van der Waals surface area contributed by atoms with Crippen LogP contribution in [-0.2, 0) is 11.3 Å². The maximum Gasteiger partial charge on any atom is 0.251 e. The number of carbonyl (C=O) groups is 2. The lowest BCUT2D eigenvalue weighted by atomic mass is 10.1. The van der Waals surface area contributed by atoms with Crippen molar-refractivity contribution in [1.29, 1.82) is 0 Å². The van der Waals surface area contributed by atoms with Crippen LogP contribution in [0.2, 0.25) is 0 Å². The summed E-state index contributed by atoms with van der Waals surface area (Å²) in [5.41, 5.74) is 2.44. The van der Waals surface area contributed by atoms with E-state index in [-0.39, 0.29) is 18.4 Å². The van der Waals surface area contributed by atoms with E-state index in [1.165, 1.54) is 0 Å². The molecule has 1 aromatic heterocycles. The maximum atomic E-state index is 12.0. The lowest BCUT2D eigenvalue weighted by molar-refractivity contribution is -0.120. The topological polar surface area (TPSA) is 76.0 Å². The average Bonchev–Trinajstić information content (AvgIpc) is 3.20. The summed E-state index contributed by atoms with van der Waals surface area (Å²) in [6.07, 6.45) is 5.26. The highest BCUT2D eigenvalue weighted by molar-refractivity contribution is 5.96. The van der Waals surface area contributed by atoms with Gasteiger partial charge in [0.25, 0.3) is 5.91 Å². The quantitative estimate of drug-likeness (QED) is 0.723. The maximum absolute atomic E-state index is 12.0. The molecule has 6 nitrogen and oxygen atoms in total. The summed E-state index contributed by atoms with van der Waals surface area (Å²) in [6.45, 7) is 0.301. The number of carbonyl (C=O) groups excluding carboxylic acids is 2. The number of aromatic nitrogens is 2. The third-order valence-corrected chi connectivity index (χ3v) is 3.70. The second-order valence-corrected chi connectivity index (χ2v) is 5.42. The van der Waals surface area contributed by atoms with Crippen LogP contribution in [0.5, 0.6) is 0 Å². The minimum atomic E-state index is -0.269. The number of benzene rings is 2. The second kappa shape index (κ2) is 7.92.